The third kappa shape index (κ3) is 4.67. The first-order valence-corrected chi connectivity index (χ1v) is 15.0. The second kappa shape index (κ2) is 11.3. The van der Waals surface area contributed by atoms with E-state index in [0.717, 1.165) is 25.8 Å². The minimum atomic E-state index is -1.33. The molecule has 3 aromatic rings. The van der Waals surface area contributed by atoms with Crippen molar-refractivity contribution < 1.29 is 23.3 Å². The SMILES string of the molecule is CC[C@H]1O[C@@H](n2cnc3c(OCCC#N)nc(C)nc32)[C@@H](OC)C1O[P@]1O[C@@](C)(c2ccccc2)[C@H]2CCCN21. The van der Waals surface area contributed by atoms with Crippen molar-refractivity contribution in [2.45, 2.75) is 82.6 Å². The number of rotatable bonds is 9. The topological polar surface area (TPSA) is 117 Å². The normalized spacial score (nSPS) is 32.0. The molecule has 5 heterocycles. The van der Waals surface area contributed by atoms with Crippen molar-refractivity contribution >= 4 is 19.7 Å². The minimum Gasteiger partial charge on any atom is -0.475 e. The van der Waals surface area contributed by atoms with Gasteiger partial charge in [-0.15, -0.1) is 0 Å². The van der Waals surface area contributed by atoms with Gasteiger partial charge in [-0.05, 0) is 38.7 Å². The van der Waals surface area contributed by atoms with Gasteiger partial charge in [-0.25, -0.2) is 14.6 Å². The summed E-state index contributed by atoms with van der Waals surface area (Å²) < 4.78 is 36.3. The molecule has 3 aliphatic heterocycles. The molecule has 0 radical (unpaired) electrons. The summed E-state index contributed by atoms with van der Waals surface area (Å²) in [6, 6.07) is 12.8. The molecule has 1 aromatic carbocycles. The van der Waals surface area contributed by atoms with Gasteiger partial charge in [0.15, 0.2) is 17.4 Å². The predicted octanol–water partition coefficient (Wildman–Crippen LogP) is 4.77. The highest BCUT2D eigenvalue weighted by molar-refractivity contribution is 7.45. The number of ether oxygens (including phenoxy) is 3. The van der Waals surface area contributed by atoms with Crippen molar-refractivity contribution in [2.24, 2.45) is 0 Å². The van der Waals surface area contributed by atoms with Gasteiger partial charge in [-0.1, -0.05) is 37.3 Å². The van der Waals surface area contributed by atoms with Crippen molar-refractivity contribution in [1.29, 1.82) is 5.26 Å². The third-order valence-electron chi connectivity index (χ3n) is 8.08. The van der Waals surface area contributed by atoms with Gasteiger partial charge < -0.3 is 23.3 Å². The molecule has 40 heavy (non-hydrogen) atoms. The lowest BCUT2D eigenvalue weighted by atomic mass is 9.87. The molecule has 212 valence electrons. The molecule has 3 aliphatic rings. The first-order valence-electron chi connectivity index (χ1n) is 13.9. The van der Waals surface area contributed by atoms with E-state index in [1.165, 1.54) is 5.56 Å². The lowest BCUT2D eigenvalue weighted by molar-refractivity contribution is -0.0494. The zero-order valence-electron chi connectivity index (χ0n) is 23.3. The van der Waals surface area contributed by atoms with Crippen LogP contribution in [0.1, 0.15) is 57.1 Å². The van der Waals surface area contributed by atoms with E-state index < -0.39 is 26.5 Å². The number of benzene rings is 1. The van der Waals surface area contributed by atoms with E-state index in [-0.39, 0.29) is 31.3 Å². The van der Waals surface area contributed by atoms with Gasteiger partial charge >= 0.3 is 0 Å². The fourth-order valence-electron chi connectivity index (χ4n) is 6.10. The molecule has 0 bridgehead atoms. The van der Waals surface area contributed by atoms with E-state index in [1.54, 1.807) is 20.4 Å². The van der Waals surface area contributed by atoms with Crippen LogP contribution >= 0.6 is 8.53 Å². The number of nitrogens with zero attached hydrogens (tertiary/aromatic N) is 6. The summed E-state index contributed by atoms with van der Waals surface area (Å²) >= 11 is 0. The largest absolute Gasteiger partial charge is 0.475 e. The van der Waals surface area contributed by atoms with Crippen LogP contribution in [0.5, 0.6) is 5.88 Å². The molecule has 2 aromatic heterocycles. The fraction of sp³-hybridized carbons (Fsp3) is 0.571. The molecule has 1 unspecified atom stereocenters. The number of fused-ring (bicyclic) bond motifs is 2. The summed E-state index contributed by atoms with van der Waals surface area (Å²) in [4.78, 5) is 13.6. The summed E-state index contributed by atoms with van der Waals surface area (Å²) in [6.07, 6.45) is 3.37. The second-order valence-corrected chi connectivity index (χ2v) is 11.9. The first-order chi connectivity index (χ1) is 19.5. The van der Waals surface area contributed by atoms with Crippen LogP contribution in [-0.2, 0) is 24.1 Å². The van der Waals surface area contributed by atoms with Gasteiger partial charge in [0, 0.05) is 13.7 Å². The van der Waals surface area contributed by atoms with E-state index in [2.05, 4.69) is 63.8 Å². The van der Waals surface area contributed by atoms with Crippen molar-refractivity contribution in [3.8, 4) is 11.9 Å². The van der Waals surface area contributed by atoms with Crippen molar-refractivity contribution in [1.82, 2.24) is 24.2 Å². The highest BCUT2D eigenvalue weighted by Gasteiger charge is 2.57. The van der Waals surface area contributed by atoms with Crippen LogP contribution in [0.2, 0.25) is 0 Å². The summed E-state index contributed by atoms with van der Waals surface area (Å²) in [5.74, 6) is 0.891. The monoisotopic (exact) mass is 566 g/mol. The van der Waals surface area contributed by atoms with Crippen LogP contribution in [0.25, 0.3) is 11.2 Å². The molecule has 3 fully saturated rings. The van der Waals surface area contributed by atoms with Gasteiger partial charge in [0.2, 0.25) is 5.88 Å². The Hall–Kier alpha value is -2.71. The molecule has 0 amide bonds. The zero-order valence-corrected chi connectivity index (χ0v) is 24.2. The van der Waals surface area contributed by atoms with Gasteiger partial charge in [-0.3, -0.25) is 4.57 Å². The standard InChI is InChI=1S/C28H35N6O5P/c1-5-20-23(38-40-34-15-9-13-21(34)28(3,39-40)19-11-7-6-8-12-19)24(35-4)27(37-20)33-17-30-22-25(33)31-18(2)32-26(22)36-16-10-14-29/h6-8,11-12,17,20-21,23-24,27H,5,9-10,13,15-16H2,1-4H3/t20-,21-,23?,24+,27-,28+,40-/m1/s1. The highest BCUT2D eigenvalue weighted by atomic mass is 31.2. The molecular weight excluding hydrogens is 531 g/mol. The molecule has 0 spiro atoms. The Morgan fingerprint density at radius 1 is 1.23 bits per heavy atom. The van der Waals surface area contributed by atoms with Crippen LogP contribution in [0.15, 0.2) is 36.7 Å². The van der Waals surface area contributed by atoms with Crippen LogP contribution in [0.4, 0.5) is 0 Å². The van der Waals surface area contributed by atoms with Crippen molar-refractivity contribution in [2.75, 3.05) is 20.3 Å². The average molecular weight is 567 g/mol. The number of methoxy groups -OCH3 is 1. The molecule has 7 atom stereocenters. The quantitative estimate of drug-likeness (QED) is 0.265. The Bertz CT molecular complexity index is 1380. The summed E-state index contributed by atoms with van der Waals surface area (Å²) in [5, 5.41) is 8.89. The summed E-state index contributed by atoms with van der Waals surface area (Å²) in [5.41, 5.74) is 1.83. The molecule has 11 nitrogen and oxygen atoms in total. The molecule has 12 heteroatoms. The number of imidazole rings is 1. The molecule has 0 aliphatic carbocycles. The van der Waals surface area contributed by atoms with Crippen LogP contribution in [0.3, 0.4) is 0 Å². The Morgan fingerprint density at radius 2 is 2.05 bits per heavy atom. The molecule has 0 saturated carbocycles. The van der Waals surface area contributed by atoms with E-state index >= 15 is 0 Å². The highest BCUT2D eigenvalue weighted by Crippen LogP contribution is 2.64. The number of aromatic nitrogens is 4. The van der Waals surface area contributed by atoms with Crippen LogP contribution in [0, 0.1) is 18.3 Å². The fourth-order valence-corrected chi connectivity index (χ4v) is 8.25. The molecule has 0 N–H and O–H groups in total. The summed E-state index contributed by atoms with van der Waals surface area (Å²) in [7, 11) is 0.355. The van der Waals surface area contributed by atoms with E-state index in [4.69, 9.17) is 28.5 Å². The van der Waals surface area contributed by atoms with Gasteiger partial charge in [-0.2, -0.15) is 10.2 Å². The van der Waals surface area contributed by atoms with Crippen molar-refractivity contribution in [3.63, 3.8) is 0 Å². The van der Waals surface area contributed by atoms with E-state index in [0.29, 0.717) is 22.9 Å². The van der Waals surface area contributed by atoms with Crippen LogP contribution < -0.4 is 4.74 Å². The van der Waals surface area contributed by atoms with E-state index in [9.17, 15) is 0 Å². The predicted molar refractivity (Wildman–Crippen MR) is 147 cm³/mol. The molecular formula is C28H35N6O5P. The van der Waals surface area contributed by atoms with Crippen LogP contribution in [-0.4, -0.2) is 68.8 Å². The Morgan fingerprint density at radius 3 is 2.80 bits per heavy atom. The number of nitriles is 1. The number of aryl methyl sites for hydroxylation is 1. The minimum absolute atomic E-state index is 0.211. The Labute approximate surface area is 235 Å². The molecule has 6 rings (SSSR count). The maximum atomic E-state index is 8.89. The average Bonchev–Trinajstić information content (AvgIpc) is 3.73. The Kier molecular flexibility index (Phi) is 7.75. The first kappa shape index (κ1) is 27.5. The Balaban J connectivity index is 1.28. The zero-order chi connectivity index (χ0) is 27.9. The van der Waals surface area contributed by atoms with Gasteiger partial charge in [0.1, 0.15) is 30.2 Å². The van der Waals surface area contributed by atoms with E-state index in [1.807, 2.05) is 10.6 Å². The van der Waals surface area contributed by atoms with Crippen molar-refractivity contribution in [3.05, 3.63) is 48.0 Å². The summed E-state index contributed by atoms with van der Waals surface area (Å²) in [6.45, 7) is 7.25. The third-order valence-corrected chi connectivity index (χ3v) is 9.94. The lowest BCUT2D eigenvalue weighted by Gasteiger charge is -2.29. The number of hydrogen-bond acceptors (Lipinski definition) is 10. The smallest absolute Gasteiger partial charge is 0.260 e. The molecule has 3 saturated heterocycles. The van der Waals surface area contributed by atoms with Gasteiger partial charge in [0.25, 0.3) is 8.53 Å². The maximum Gasteiger partial charge on any atom is 0.260 e. The second-order valence-electron chi connectivity index (χ2n) is 10.5. The maximum absolute atomic E-state index is 8.89. The lowest BCUT2D eigenvalue weighted by Crippen LogP contribution is -2.37. The number of hydrogen-bond donors (Lipinski definition) is 0. The van der Waals surface area contributed by atoms with Gasteiger partial charge in [0.05, 0.1) is 31.0 Å².